The molecule has 10 heavy (non-hydrogen) atoms. The van der Waals surface area contributed by atoms with Gasteiger partial charge >= 0.3 is 68.4 Å². The molecule has 0 bridgehead atoms. The van der Waals surface area contributed by atoms with Gasteiger partial charge in [0.1, 0.15) is 0 Å². The van der Waals surface area contributed by atoms with Gasteiger partial charge in [0.25, 0.3) is 0 Å². The van der Waals surface area contributed by atoms with Crippen LogP contribution < -0.4 is 0 Å². The molecule has 1 aliphatic carbocycles. The Kier molecular flexibility index (Phi) is 2.73. The minimum atomic E-state index is -2.33. The number of halogens is 2. The van der Waals surface area contributed by atoms with Gasteiger partial charge in [0.2, 0.25) is 0 Å². The molecule has 1 fully saturated rings. The van der Waals surface area contributed by atoms with Crippen LogP contribution in [-0.4, -0.2) is 22.8 Å². The quantitative estimate of drug-likeness (QED) is 0.579. The summed E-state index contributed by atoms with van der Waals surface area (Å²) >= 11 is 1.67. The molecule has 0 radical (unpaired) electrons. The van der Waals surface area contributed by atoms with Crippen molar-refractivity contribution in [3.05, 3.63) is 0 Å². The molecular formula is C7H13AsF2. The van der Waals surface area contributed by atoms with Crippen molar-refractivity contribution < 1.29 is 8.78 Å². The van der Waals surface area contributed by atoms with Crippen molar-refractivity contribution >= 4 is 16.9 Å². The van der Waals surface area contributed by atoms with Crippen molar-refractivity contribution in [1.82, 2.24) is 0 Å². The zero-order valence-electron chi connectivity index (χ0n) is 5.95. The van der Waals surface area contributed by atoms with Crippen LogP contribution >= 0.6 is 0 Å². The van der Waals surface area contributed by atoms with Crippen LogP contribution in [0.15, 0.2) is 0 Å². The number of hydrogen-bond donors (Lipinski definition) is 0. The summed E-state index contributed by atoms with van der Waals surface area (Å²) in [4.78, 5) is 0. The molecule has 1 atom stereocenters. The summed E-state index contributed by atoms with van der Waals surface area (Å²) in [6, 6.07) is 0. The summed E-state index contributed by atoms with van der Waals surface area (Å²) < 4.78 is 25.0. The number of rotatable bonds is 1. The third-order valence-corrected chi connectivity index (χ3v) is 3.57. The van der Waals surface area contributed by atoms with Crippen molar-refractivity contribution in [1.29, 1.82) is 0 Å². The van der Waals surface area contributed by atoms with Crippen LogP contribution in [0.3, 0.4) is 0 Å². The third-order valence-electron chi connectivity index (χ3n) is 2.17. The molecule has 0 aliphatic heterocycles. The molecule has 0 nitrogen and oxygen atoms in total. The van der Waals surface area contributed by atoms with Gasteiger partial charge < -0.3 is 0 Å². The van der Waals surface area contributed by atoms with Crippen LogP contribution in [0.5, 0.6) is 0 Å². The van der Waals surface area contributed by atoms with Gasteiger partial charge in [-0.15, -0.1) is 0 Å². The van der Waals surface area contributed by atoms with Crippen LogP contribution in [-0.2, 0) is 0 Å². The van der Waals surface area contributed by atoms with Crippen LogP contribution in [0.2, 0.25) is 5.21 Å². The molecule has 1 rings (SSSR count). The molecule has 0 aromatic rings. The van der Waals surface area contributed by atoms with Gasteiger partial charge in [-0.1, -0.05) is 0 Å². The molecule has 3 heteroatoms. The van der Waals surface area contributed by atoms with Gasteiger partial charge in [0.15, 0.2) is 0 Å². The standard InChI is InChI=1S/C7H13AsF2/c8-5-6-1-3-7(9,10)4-2-6/h6H,1-5,8H2. The Morgan fingerprint density at radius 1 is 1.30 bits per heavy atom. The molecule has 0 heterocycles. The Bertz CT molecular complexity index is 104. The maximum absolute atomic E-state index is 12.5. The second kappa shape index (κ2) is 3.21. The first-order chi connectivity index (χ1) is 4.64. The minimum absolute atomic E-state index is 0.127. The SMILES string of the molecule is FC1(F)CCC(C[AsH2])CC1. The fraction of sp³-hybridized carbons (Fsp3) is 1.00. The van der Waals surface area contributed by atoms with Crippen LogP contribution in [0.25, 0.3) is 0 Å². The molecule has 1 aliphatic rings. The van der Waals surface area contributed by atoms with E-state index in [1.807, 2.05) is 0 Å². The molecule has 0 saturated heterocycles. The summed E-state index contributed by atoms with van der Waals surface area (Å²) in [7, 11) is 0. The number of alkyl halides is 2. The Balaban J connectivity index is 2.31. The van der Waals surface area contributed by atoms with Gasteiger partial charge in [0.05, 0.1) is 0 Å². The number of hydrogen-bond acceptors (Lipinski definition) is 0. The van der Waals surface area contributed by atoms with E-state index in [-0.39, 0.29) is 12.8 Å². The Morgan fingerprint density at radius 2 is 1.80 bits per heavy atom. The summed E-state index contributed by atoms with van der Waals surface area (Å²) in [6.45, 7) is 0. The first kappa shape index (κ1) is 8.51. The van der Waals surface area contributed by atoms with E-state index in [1.54, 1.807) is 16.9 Å². The van der Waals surface area contributed by atoms with Gasteiger partial charge in [0, 0.05) is 0 Å². The fourth-order valence-corrected chi connectivity index (χ4v) is 2.32. The second-order valence-corrected chi connectivity index (χ2v) is 4.02. The van der Waals surface area contributed by atoms with Crippen LogP contribution in [0.1, 0.15) is 25.7 Å². The summed E-state index contributed by atoms with van der Waals surface area (Å²) in [5.74, 6) is -1.74. The molecule has 0 spiro atoms. The fourth-order valence-electron chi connectivity index (χ4n) is 1.34. The summed E-state index contributed by atoms with van der Waals surface area (Å²) in [5, 5.41) is 1.13. The van der Waals surface area contributed by atoms with E-state index in [0.29, 0.717) is 5.92 Å². The van der Waals surface area contributed by atoms with E-state index in [1.165, 1.54) is 0 Å². The summed E-state index contributed by atoms with van der Waals surface area (Å²) in [6.07, 6.45) is 1.74. The van der Waals surface area contributed by atoms with Gasteiger partial charge in [-0.05, 0) is 0 Å². The molecule has 1 unspecified atom stereocenters. The third kappa shape index (κ3) is 2.23. The zero-order valence-corrected chi connectivity index (χ0v) is 8.37. The first-order valence-corrected chi connectivity index (χ1v) is 5.43. The molecule has 1 saturated carbocycles. The zero-order chi connectivity index (χ0) is 7.61. The van der Waals surface area contributed by atoms with E-state index >= 15 is 0 Å². The molecule has 0 aromatic heterocycles. The molecule has 0 N–H and O–H groups in total. The van der Waals surface area contributed by atoms with Gasteiger partial charge in [-0.25, -0.2) is 0 Å². The van der Waals surface area contributed by atoms with E-state index in [4.69, 9.17) is 0 Å². The average molecular weight is 210 g/mol. The van der Waals surface area contributed by atoms with Crippen molar-refractivity contribution in [3.63, 3.8) is 0 Å². The molecule has 0 aromatic carbocycles. The predicted octanol–water partition coefficient (Wildman–Crippen LogP) is 1.86. The second-order valence-electron chi connectivity index (χ2n) is 3.04. The van der Waals surface area contributed by atoms with E-state index < -0.39 is 5.92 Å². The van der Waals surface area contributed by atoms with Crippen molar-refractivity contribution in [3.8, 4) is 0 Å². The first-order valence-electron chi connectivity index (χ1n) is 3.72. The van der Waals surface area contributed by atoms with Gasteiger partial charge in [-0.3, -0.25) is 0 Å². The van der Waals surface area contributed by atoms with Crippen molar-refractivity contribution in [2.24, 2.45) is 5.92 Å². The molecule has 60 valence electrons. The van der Waals surface area contributed by atoms with Crippen molar-refractivity contribution in [2.75, 3.05) is 0 Å². The monoisotopic (exact) mass is 210 g/mol. The summed E-state index contributed by atoms with van der Waals surface area (Å²) in [5.41, 5.74) is 0. The van der Waals surface area contributed by atoms with Gasteiger partial charge in [-0.2, -0.15) is 0 Å². The average Bonchev–Trinajstić information content (AvgIpc) is 1.88. The molecule has 0 amide bonds. The van der Waals surface area contributed by atoms with E-state index in [2.05, 4.69) is 0 Å². The Hall–Kier alpha value is 0.418. The Morgan fingerprint density at radius 3 is 2.20 bits per heavy atom. The Labute approximate surface area is 68.9 Å². The predicted molar refractivity (Wildman–Crippen MR) is 40.3 cm³/mol. The van der Waals surface area contributed by atoms with Crippen LogP contribution in [0.4, 0.5) is 8.78 Å². The maximum atomic E-state index is 12.5. The topological polar surface area (TPSA) is 0 Å². The van der Waals surface area contributed by atoms with E-state index in [9.17, 15) is 8.78 Å². The van der Waals surface area contributed by atoms with Crippen LogP contribution in [0, 0.1) is 5.92 Å². The van der Waals surface area contributed by atoms with Crippen molar-refractivity contribution in [2.45, 2.75) is 36.8 Å². The normalized spacial score (nSPS) is 26.7. The molecular weight excluding hydrogens is 197 g/mol. The van der Waals surface area contributed by atoms with E-state index in [0.717, 1.165) is 18.1 Å².